The molecule has 1 aromatic carbocycles. The van der Waals surface area contributed by atoms with Crippen molar-refractivity contribution in [3.8, 4) is 0 Å². The smallest absolute Gasteiger partial charge is 0.410 e. The number of fused-ring (bicyclic) bond motifs is 1. The minimum Gasteiger partial charge on any atom is -0.444 e. The summed E-state index contributed by atoms with van der Waals surface area (Å²) < 4.78 is 5.72. The molecular formula is C26H35N7O2. The normalized spacial score (nSPS) is 15.9. The lowest BCUT2D eigenvalue weighted by Crippen LogP contribution is -2.36. The molecular weight excluding hydrogens is 442 g/mol. The van der Waals surface area contributed by atoms with Crippen molar-refractivity contribution < 1.29 is 9.53 Å². The number of likely N-dealkylation sites (tertiary alicyclic amines) is 1. The molecule has 1 N–H and O–H groups in total. The number of carbonyl (C=O) groups excluding carboxylic acids is 1. The van der Waals surface area contributed by atoms with Crippen molar-refractivity contribution in [3.05, 3.63) is 42.2 Å². The van der Waals surface area contributed by atoms with E-state index in [-0.39, 0.29) is 12.1 Å². The maximum atomic E-state index is 13.0. The van der Waals surface area contributed by atoms with Crippen LogP contribution >= 0.6 is 0 Å². The first-order valence-corrected chi connectivity index (χ1v) is 11.9. The van der Waals surface area contributed by atoms with E-state index in [1.165, 1.54) is 0 Å². The Hall–Kier alpha value is -3.62. The molecule has 1 aliphatic heterocycles. The van der Waals surface area contributed by atoms with Gasteiger partial charge in [-0.3, -0.25) is 0 Å². The summed E-state index contributed by atoms with van der Waals surface area (Å²) in [5.74, 6) is 1.96. The Balaban J connectivity index is 1.75. The van der Waals surface area contributed by atoms with Gasteiger partial charge in [0.05, 0.1) is 6.04 Å². The van der Waals surface area contributed by atoms with Crippen LogP contribution in [0.3, 0.4) is 0 Å². The number of amides is 1. The molecule has 1 atom stereocenters. The number of nitrogens with one attached hydrogen (secondary N) is 1. The Labute approximate surface area is 207 Å². The van der Waals surface area contributed by atoms with E-state index in [2.05, 4.69) is 37.3 Å². The summed E-state index contributed by atoms with van der Waals surface area (Å²) >= 11 is 0. The minimum absolute atomic E-state index is 0.0572. The largest absolute Gasteiger partial charge is 0.444 e. The van der Waals surface area contributed by atoms with Gasteiger partial charge < -0.3 is 24.8 Å². The highest BCUT2D eigenvalue weighted by molar-refractivity contribution is 5.97. The molecule has 3 aromatic rings. The number of rotatable bonds is 5. The van der Waals surface area contributed by atoms with Crippen molar-refractivity contribution in [2.45, 2.75) is 45.3 Å². The zero-order valence-electron chi connectivity index (χ0n) is 21.7. The third kappa shape index (κ3) is 5.39. The number of carbonyl (C=O) groups is 1. The Morgan fingerprint density at radius 1 is 1.06 bits per heavy atom. The fourth-order valence-electron chi connectivity index (χ4n) is 4.39. The monoisotopic (exact) mass is 477 g/mol. The Morgan fingerprint density at radius 3 is 2.51 bits per heavy atom. The number of ether oxygens (including phenoxy) is 1. The summed E-state index contributed by atoms with van der Waals surface area (Å²) in [5, 5.41) is 5.40. The van der Waals surface area contributed by atoms with Gasteiger partial charge in [0, 0.05) is 58.2 Å². The van der Waals surface area contributed by atoms with Crippen LogP contribution in [0.15, 0.2) is 36.7 Å². The lowest BCUT2D eigenvalue weighted by atomic mass is 9.96. The average Bonchev–Trinajstić information content (AvgIpc) is 3.27. The van der Waals surface area contributed by atoms with Crippen molar-refractivity contribution in [3.63, 3.8) is 0 Å². The van der Waals surface area contributed by atoms with E-state index in [4.69, 9.17) is 4.74 Å². The first-order chi connectivity index (χ1) is 16.5. The van der Waals surface area contributed by atoms with Crippen LogP contribution < -0.4 is 15.1 Å². The van der Waals surface area contributed by atoms with Crippen LogP contribution in [-0.2, 0) is 4.74 Å². The molecule has 186 valence electrons. The van der Waals surface area contributed by atoms with Crippen LogP contribution in [0.4, 0.5) is 28.1 Å². The number of nitrogens with zero attached hydrogens (tertiary/aromatic N) is 6. The Bertz CT molecular complexity index is 1220. The van der Waals surface area contributed by atoms with Crippen LogP contribution in [0.2, 0.25) is 0 Å². The zero-order valence-corrected chi connectivity index (χ0v) is 21.7. The summed E-state index contributed by atoms with van der Waals surface area (Å²) in [6.07, 6.45) is 5.16. The summed E-state index contributed by atoms with van der Waals surface area (Å²) in [6.45, 7) is 6.38. The molecule has 2 aromatic heterocycles. The van der Waals surface area contributed by atoms with E-state index >= 15 is 0 Å². The maximum absolute atomic E-state index is 13.0. The van der Waals surface area contributed by atoms with Gasteiger partial charge in [0.1, 0.15) is 17.2 Å². The molecule has 9 nitrogen and oxygen atoms in total. The van der Waals surface area contributed by atoms with Gasteiger partial charge in [0.25, 0.3) is 0 Å². The van der Waals surface area contributed by atoms with Gasteiger partial charge >= 0.3 is 6.09 Å². The van der Waals surface area contributed by atoms with Crippen molar-refractivity contribution in [2.75, 3.05) is 49.9 Å². The molecule has 0 saturated carbocycles. The Morgan fingerprint density at radius 2 is 1.83 bits per heavy atom. The van der Waals surface area contributed by atoms with Crippen molar-refractivity contribution >= 4 is 40.1 Å². The van der Waals surface area contributed by atoms with E-state index in [9.17, 15) is 4.79 Å². The highest BCUT2D eigenvalue weighted by atomic mass is 16.6. The quantitative estimate of drug-likeness (QED) is 0.551. The minimum atomic E-state index is -0.537. The van der Waals surface area contributed by atoms with E-state index in [1.807, 2.05) is 77.1 Å². The van der Waals surface area contributed by atoms with Crippen molar-refractivity contribution in [1.82, 2.24) is 19.9 Å². The predicted octanol–water partition coefficient (Wildman–Crippen LogP) is 4.97. The van der Waals surface area contributed by atoms with Gasteiger partial charge in [-0.05, 0) is 62.8 Å². The van der Waals surface area contributed by atoms with Crippen molar-refractivity contribution in [1.29, 1.82) is 0 Å². The third-order valence-electron chi connectivity index (χ3n) is 5.93. The lowest BCUT2D eigenvalue weighted by Gasteiger charge is -2.30. The molecule has 0 bridgehead atoms. The zero-order chi connectivity index (χ0) is 25.3. The van der Waals surface area contributed by atoms with Crippen LogP contribution in [0.1, 0.15) is 45.2 Å². The second-order valence-electron chi connectivity index (χ2n) is 10.3. The molecule has 1 unspecified atom stereocenters. The van der Waals surface area contributed by atoms with Gasteiger partial charge in [0.2, 0.25) is 5.95 Å². The SMILES string of the molecule is CN(C)c1nccc(Nc2cc3c(C4CCCN4C(=O)OC(C)(C)C)ccc(N(C)C)c3cn2)n1. The molecule has 1 fully saturated rings. The first-order valence-electron chi connectivity index (χ1n) is 11.9. The first kappa shape index (κ1) is 24.5. The molecule has 0 radical (unpaired) electrons. The number of hydrogen-bond donors (Lipinski definition) is 1. The van der Waals surface area contributed by atoms with Crippen LogP contribution in [-0.4, -0.2) is 66.3 Å². The Kier molecular flexibility index (Phi) is 6.69. The van der Waals surface area contributed by atoms with Crippen LogP contribution in [0.5, 0.6) is 0 Å². The summed E-state index contributed by atoms with van der Waals surface area (Å²) in [6, 6.07) is 8.03. The van der Waals surface area contributed by atoms with Gasteiger partial charge in [-0.15, -0.1) is 0 Å². The number of anilines is 4. The fraction of sp³-hybridized carbons (Fsp3) is 0.462. The van der Waals surface area contributed by atoms with Gasteiger partial charge in [0.15, 0.2) is 0 Å². The number of benzene rings is 1. The van der Waals surface area contributed by atoms with E-state index in [1.54, 1.807) is 6.20 Å². The molecule has 35 heavy (non-hydrogen) atoms. The molecule has 1 aliphatic rings. The molecule has 4 rings (SSSR count). The predicted molar refractivity (Wildman–Crippen MR) is 141 cm³/mol. The van der Waals surface area contributed by atoms with Gasteiger partial charge in [-0.1, -0.05) is 6.07 Å². The van der Waals surface area contributed by atoms with Crippen molar-refractivity contribution in [2.24, 2.45) is 0 Å². The number of hydrogen-bond acceptors (Lipinski definition) is 8. The number of aromatic nitrogens is 3. The van der Waals surface area contributed by atoms with Gasteiger partial charge in [-0.25, -0.2) is 14.8 Å². The molecule has 0 aliphatic carbocycles. The molecule has 0 spiro atoms. The maximum Gasteiger partial charge on any atom is 0.410 e. The highest BCUT2D eigenvalue weighted by Crippen LogP contribution is 2.40. The van der Waals surface area contributed by atoms with E-state index in [0.717, 1.165) is 34.9 Å². The topological polar surface area (TPSA) is 86.7 Å². The fourth-order valence-corrected chi connectivity index (χ4v) is 4.39. The molecule has 9 heteroatoms. The number of pyridine rings is 1. The van der Waals surface area contributed by atoms with Crippen LogP contribution in [0, 0.1) is 0 Å². The van der Waals surface area contributed by atoms with Gasteiger partial charge in [-0.2, -0.15) is 4.98 Å². The standard InChI is InChI=1S/C26H35N7O2/c1-26(2,3)35-25(34)33-14-8-9-21(33)17-10-11-20(31(4)5)19-16-28-23(15-18(17)19)29-22-12-13-27-24(30-22)32(6)7/h10-13,15-16,21H,8-9,14H2,1-7H3,(H,27,28,29,30). The highest BCUT2D eigenvalue weighted by Gasteiger charge is 2.34. The van der Waals surface area contributed by atoms with Crippen LogP contribution in [0.25, 0.3) is 10.8 Å². The molecule has 1 saturated heterocycles. The third-order valence-corrected chi connectivity index (χ3v) is 5.93. The molecule has 3 heterocycles. The summed E-state index contributed by atoms with van der Waals surface area (Å²) in [7, 11) is 7.85. The average molecular weight is 478 g/mol. The lowest BCUT2D eigenvalue weighted by molar-refractivity contribution is 0.0225. The summed E-state index contributed by atoms with van der Waals surface area (Å²) in [5.41, 5.74) is 1.63. The van der Waals surface area contributed by atoms with E-state index in [0.29, 0.717) is 24.1 Å². The summed E-state index contributed by atoms with van der Waals surface area (Å²) in [4.78, 5) is 32.3. The second-order valence-corrected chi connectivity index (χ2v) is 10.3. The van der Waals surface area contributed by atoms with E-state index < -0.39 is 5.60 Å². The molecule has 1 amide bonds. The second kappa shape index (κ2) is 9.56.